The highest BCUT2D eigenvalue weighted by Gasteiger charge is 2.27. The van der Waals surface area contributed by atoms with Gasteiger partial charge in [-0.05, 0) is 31.4 Å². The number of aliphatic hydroxyl groups is 1. The van der Waals surface area contributed by atoms with Crippen LogP contribution in [0.2, 0.25) is 0 Å². The molecule has 17 heavy (non-hydrogen) atoms. The van der Waals surface area contributed by atoms with Crippen molar-refractivity contribution in [3.05, 3.63) is 23.9 Å². The second kappa shape index (κ2) is 5.50. The van der Waals surface area contributed by atoms with E-state index in [2.05, 4.69) is 10.3 Å². The van der Waals surface area contributed by atoms with Crippen LogP contribution in [0.25, 0.3) is 0 Å². The molecule has 3 nitrogen and oxygen atoms in total. The van der Waals surface area contributed by atoms with Crippen LogP contribution in [0.15, 0.2) is 18.3 Å². The van der Waals surface area contributed by atoms with Crippen LogP contribution in [-0.2, 0) is 0 Å². The highest BCUT2D eigenvalue weighted by Crippen LogP contribution is 2.27. The molecule has 94 valence electrons. The third-order valence-corrected chi connectivity index (χ3v) is 3.54. The molecule has 1 fully saturated rings. The number of pyridine rings is 1. The Kier molecular flexibility index (Phi) is 4.00. The fourth-order valence-electron chi connectivity index (χ4n) is 2.39. The topological polar surface area (TPSA) is 45.1 Å². The summed E-state index contributed by atoms with van der Waals surface area (Å²) in [6, 6.07) is 4.00. The smallest absolute Gasteiger partial charge is 0.125 e. The molecule has 0 amide bonds. The summed E-state index contributed by atoms with van der Waals surface area (Å²) in [4.78, 5) is 4.29. The summed E-state index contributed by atoms with van der Waals surface area (Å²) in [5, 5.41) is 13.7. The molecule has 0 bridgehead atoms. The number of aryl methyl sites for hydroxylation is 1. The van der Waals surface area contributed by atoms with Gasteiger partial charge in [-0.25, -0.2) is 4.98 Å². The van der Waals surface area contributed by atoms with E-state index in [4.69, 9.17) is 0 Å². The van der Waals surface area contributed by atoms with E-state index in [0.717, 1.165) is 37.1 Å². The molecule has 0 saturated heterocycles. The molecule has 0 atom stereocenters. The van der Waals surface area contributed by atoms with Crippen molar-refractivity contribution in [2.24, 2.45) is 0 Å². The maximum absolute atomic E-state index is 10.5. The first kappa shape index (κ1) is 12.4. The summed E-state index contributed by atoms with van der Waals surface area (Å²) in [6.07, 6.45) is 8.45. The van der Waals surface area contributed by atoms with E-state index in [1.54, 1.807) is 0 Å². The molecule has 1 aliphatic carbocycles. The van der Waals surface area contributed by atoms with Gasteiger partial charge in [0.1, 0.15) is 5.82 Å². The zero-order valence-corrected chi connectivity index (χ0v) is 10.6. The standard InChI is InChI=1S/C14H22N2O/c1-12-6-7-13(15-10-12)16-11-14(17)8-4-2-3-5-9-14/h6-7,10,17H,2-5,8-9,11H2,1H3,(H,15,16). The molecular weight excluding hydrogens is 212 g/mol. The number of rotatable bonds is 3. The van der Waals surface area contributed by atoms with Gasteiger partial charge in [-0.2, -0.15) is 0 Å². The van der Waals surface area contributed by atoms with Crippen molar-refractivity contribution in [3.63, 3.8) is 0 Å². The van der Waals surface area contributed by atoms with E-state index in [1.807, 2.05) is 25.3 Å². The van der Waals surface area contributed by atoms with Crippen LogP contribution in [0, 0.1) is 6.92 Å². The SMILES string of the molecule is Cc1ccc(NCC2(O)CCCCCC2)nc1. The molecule has 3 heteroatoms. The third kappa shape index (κ3) is 3.70. The number of anilines is 1. The zero-order valence-electron chi connectivity index (χ0n) is 10.6. The van der Waals surface area contributed by atoms with E-state index >= 15 is 0 Å². The molecular formula is C14H22N2O. The Balaban J connectivity index is 1.89. The zero-order chi connectivity index (χ0) is 12.1. The molecule has 0 radical (unpaired) electrons. The monoisotopic (exact) mass is 234 g/mol. The van der Waals surface area contributed by atoms with Gasteiger partial charge >= 0.3 is 0 Å². The Hall–Kier alpha value is -1.09. The lowest BCUT2D eigenvalue weighted by Crippen LogP contribution is -2.36. The molecule has 1 saturated carbocycles. The van der Waals surface area contributed by atoms with Crippen LogP contribution in [0.3, 0.4) is 0 Å². The van der Waals surface area contributed by atoms with Crippen molar-refractivity contribution in [3.8, 4) is 0 Å². The quantitative estimate of drug-likeness (QED) is 0.790. The van der Waals surface area contributed by atoms with Gasteiger partial charge in [-0.1, -0.05) is 31.7 Å². The van der Waals surface area contributed by atoms with Crippen molar-refractivity contribution in [1.29, 1.82) is 0 Å². The predicted molar refractivity (Wildman–Crippen MR) is 70.1 cm³/mol. The summed E-state index contributed by atoms with van der Waals surface area (Å²) >= 11 is 0. The highest BCUT2D eigenvalue weighted by molar-refractivity contribution is 5.35. The molecule has 1 aromatic rings. The average molecular weight is 234 g/mol. The first-order valence-electron chi connectivity index (χ1n) is 6.57. The lowest BCUT2D eigenvalue weighted by molar-refractivity contribution is 0.0380. The van der Waals surface area contributed by atoms with Gasteiger partial charge in [-0.3, -0.25) is 0 Å². The minimum absolute atomic E-state index is 0.539. The number of aromatic nitrogens is 1. The fraction of sp³-hybridized carbons (Fsp3) is 0.643. The third-order valence-electron chi connectivity index (χ3n) is 3.54. The van der Waals surface area contributed by atoms with Gasteiger partial charge in [0.2, 0.25) is 0 Å². The Morgan fingerprint density at radius 2 is 1.94 bits per heavy atom. The molecule has 0 unspecified atom stereocenters. The maximum atomic E-state index is 10.5. The van der Waals surface area contributed by atoms with Crippen molar-refractivity contribution < 1.29 is 5.11 Å². The molecule has 2 N–H and O–H groups in total. The van der Waals surface area contributed by atoms with Crippen molar-refractivity contribution in [2.75, 3.05) is 11.9 Å². The number of nitrogens with zero attached hydrogens (tertiary/aromatic N) is 1. The lowest BCUT2D eigenvalue weighted by Gasteiger charge is -2.27. The number of hydrogen-bond donors (Lipinski definition) is 2. The Morgan fingerprint density at radius 1 is 1.24 bits per heavy atom. The second-order valence-electron chi connectivity index (χ2n) is 5.21. The summed E-state index contributed by atoms with van der Waals surface area (Å²) in [5.41, 5.74) is 0.618. The molecule has 1 aliphatic rings. The Morgan fingerprint density at radius 3 is 2.53 bits per heavy atom. The fourth-order valence-corrected chi connectivity index (χ4v) is 2.39. The van der Waals surface area contributed by atoms with Crippen LogP contribution in [-0.4, -0.2) is 22.2 Å². The van der Waals surface area contributed by atoms with Gasteiger partial charge in [0.15, 0.2) is 0 Å². The molecule has 0 aliphatic heterocycles. The van der Waals surface area contributed by atoms with Crippen molar-refractivity contribution in [1.82, 2.24) is 4.98 Å². The maximum Gasteiger partial charge on any atom is 0.125 e. The van der Waals surface area contributed by atoms with Crippen molar-refractivity contribution >= 4 is 5.82 Å². The van der Waals surface area contributed by atoms with Crippen LogP contribution in [0.4, 0.5) is 5.82 Å². The molecule has 1 aromatic heterocycles. The summed E-state index contributed by atoms with van der Waals surface area (Å²) in [5.74, 6) is 0.855. The van der Waals surface area contributed by atoms with Crippen LogP contribution < -0.4 is 5.32 Å². The normalized spacial score (nSPS) is 19.6. The minimum Gasteiger partial charge on any atom is -0.388 e. The highest BCUT2D eigenvalue weighted by atomic mass is 16.3. The van der Waals surface area contributed by atoms with E-state index in [0.29, 0.717) is 6.54 Å². The lowest BCUT2D eigenvalue weighted by atomic mass is 9.94. The van der Waals surface area contributed by atoms with Gasteiger partial charge in [-0.15, -0.1) is 0 Å². The molecule has 2 rings (SSSR count). The van der Waals surface area contributed by atoms with E-state index in [-0.39, 0.29) is 0 Å². The van der Waals surface area contributed by atoms with Gasteiger partial charge in [0.25, 0.3) is 0 Å². The predicted octanol–water partition coefficient (Wildman–Crippen LogP) is 2.89. The summed E-state index contributed by atoms with van der Waals surface area (Å²) < 4.78 is 0. The average Bonchev–Trinajstić information content (AvgIpc) is 2.54. The van der Waals surface area contributed by atoms with Crippen LogP contribution in [0.5, 0.6) is 0 Å². The van der Waals surface area contributed by atoms with E-state index < -0.39 is 5.60 Å². The second-order valence-corrected chi connectivity index (χ2v) is 5.21. The first-order valence-corrected chi connectivity index (χ1v) is 6.57. The van der Waals surface area contributed by atoms with E-state index in [1.165, 1.54) is 12.8 Å². The minimum atomic E-state index is -0.539. The van der Waals surface area contributed by atoms with Crippen molar-refractivity contribution in [2.45, 2.75) is 51.0 Å². The largest absolute Gasteiger partial charge is 0.388 e. The van der Waals surface area contributed by atoms with Crippen LogP contribution in [0.1, 0.15) is 44.1 Å². The molecule has 0 spiro atoms. The van der Waals surface area contributed by atoms with E-state index in [9.17, 15) is 5.11 Å². The first-order chi connectivity index (χ1) is 8.18. The van der Waals surface area contributed by atoms with Crippen LogP contribution >= 0.6 is 0 Å². The summed E-state index contributed by atoms with van der Waals surface area (Å²) in [6.45, 7) is 2.64. The molecule has 0 aromatic carbocycles. The Bertz CT molecular complexity index is 340. The van der Waals surface area contributed by atoms with Gasteiger partial charge in [0, 0.05) is 12.7 Å². The number of nitrogens with one attached hydrogen (secondary N) is 1. The summed E-state index contributed by atoms with van der Waals surface area (Å²) in [7, 11) is 0. The van der Waals surface area contributed by atoms with Gasteiger partial charge < -0.3 is 10.4 Å². The Labute approximate surface area is 103 Å². The van der Waals surface area contributed by atoms with Gasteiger partial charge in [0.05, 0.1) is 5.60 Å². The molecule has 1 heterocycles. The number of hydrogen-bond acceptors (Lipinski definition) is 3.